The molecule has 6 nitrogen and oxygen atoms in total. The van der Waals surface area contributed by atoms with Gasteiger partial charge in [-0.3, -0.25) is 0 Å². The second-order valence-corrected chi connectivity index (χ2v) is 7.22. The molecule has 26 heavy (non-hydrogen) atoms. The Morgan fingerprint density at radius 1 is 1.04 bits per heavy atom. The van der Waals surface area contributed by atoms with Crippen molar-refractivity contribution in [2.24, 2.45) is 0 Å². The van der Waals surface area contributed by atoms with Gasteiger partial charge in [0, 0.05) is 13.1 Å². The van der Waals surface area contributed by atoms with E-state index in [1.54, 1.807) is 44.5 Å². The summed E-state index contributed by atoms with van der Waals surface area (Å²) in [5, 5.41) is 2.61. The number of aromatic nitrogens is 1. The number of anilines is 1. The molecule has 0 saturated carbocycles. The third kappa shape index (κ3) is 3.62. The molecule has 134 valence electrons. The van der Waals surface area contributed by atoms with E-state index in [1.165, 1.54) is 12.1 Å². The van der Waals surface area contributed by atoms with Crippen LogP contribution in [0.1, 0.15) is 11.5 Å². The van der Waals surface area contributed by atoms with Gasteiger partial charge in [-0.05, 0) is 35.9 Å². The van der Waals surface area contributed by atoms with Crippen LogP contribution in [0.2, 0.25) is 0 Å². The van der Waals surface area contributed by atoms with Crippen molar-refractivity contribution in [3.8, 4) is 5.75 Å². The van der Waals surface area contributed by atoms with Gasteiger partial charge in [0.1, 0.15) is 5.75 Å². The first-order valence-electron chi connectivity index (χ1n) is 7.85. The molecule has 7 heteroatoms. The molecular weight excluding hydrogens is 352 g/mol. The lowest BCUT2D eigenvalue weighted by Crippen LogP contribution is -2.05. The van der Waals surface area contributed by atoms with Crippen LogP contribution < -0.4 is 10.1 Å². The van der Waals surface area contributed by atoms with E-state index in [-0.39, 0.29) is 21.7 Å². The molecule has 1 heterocycles. The molecule has 1 aromatic heterocycles. The largest absolute Gasteiger partial charge is 0.497 e. The normalized spacial score (nSPS) is 11.6. The van der Waals surface area contributed by atoms with Gasteiger partial charge in [0.05, 0.1) is 12.0 Å². The molecule has 0 aliphatic rings. The van der Waals surface area contributed by atoms with Crippen LogP contribution in [0.3, 0.4) is 0 Å². The van der Waals surface area contributed by atoms with Crippen LogP contribution in [0, 0.1) is 0 Å². The maximum Gasteiger partial charge on any atom is 0.233 e. The maximum absolute atomic E-state index is 12.8. The molecular formula is C19H18N2O4S. The fraction of sp³-hybridized carbons (Fsp3) is 0.105. The zero-order valence-corrected chi connectivity index (χ0v) is 15.2. The molecule has 0 fully saturated rings. The fourth-order valence-electron chi connectivity index (χ4n) is 2.33. The molecule has 0 saturated heterocycles. The van der Waals surface area contributed by atoms with Gasteiger partial charge in [-0.15, -0.1) is 0 Å². The second-order valence-electron chi connectivity index (χ2n) is 5.36. The smallest absolute Gasteiger partial charge is 0.233 e. The number of ether oxygens (including phenoxy) is 1. The number of rotatable bonds is 6. The Morgan fingerprint density at radius 3 is 2.35 bits per heavy atom. The lowest BCUT2D eigenvalue weighted by molar-refractivity contribution is 0.415. The molecule has 2 aromatic carbocycles. The monoisotopic (exact) mass is 370 g/mol. The predicted octanol–water partition coefficient (Wildman–Crippen LogP) is 3.73. The van der Waals surface area contributed by atoms with Crippen LogP contribution in [0.5, 0.6) is 5.75 Å². The van der Waals surface area contributed by atoms with E-state index in [0.717, 1.165) is 11.3 Å². The van der Waals surface area contributed by atoms with Crippen molar-refractivity contribution in [2.75, 3.05) is 19.5 Å². The third-order valence-electron chi connectivity index (χ3n) is 3.68. The van der Waals surface area contributed by atoms with Crippen LogP contribution in [-0.2, 0) is 9.84 Å². The van der Waals surface area contributed by atoms with E-state index in [0.29, 0.717) is 0 Å². The minimum atomic E-state index is -3.77. The molecule has 0 atom stereocenters. The van der Waals surface area contributed by atoms with Gasteiger partial charge in [0.25, 0.3) is 0 Å². The number of hydrogen-bond acceptors (Lipinski definition) is 6. The van der Waals surface area contributed by atoms with Gasteiger partial charge < -0.3 is 14.5 Å². The first kappa shape index (κ1) is 17.8. The summed E-state index contributed by atoms with van der Waals surface area (Å²) in [4.78, 5) is 4.31. The van der Waals surface area contributed by atoms with Crippen molar-refractivity contribution < 1.29 is 17.6 Å². The van der Waals surface area contributed by atoms with Gasteiger partial charge in [-0.2, -0.15) is 4.98 Å². The summed E-state index contributed by atoms with van der Waals surface area (Å²) in [7, 11) is -0.583. The van der Waals surface area contributed by atoms with Crippen molar-refractivity contribution in [1.29, 1.82) is 0 Å². The second kappa shape index (κ2) is 7.45. The van der Waals surface area contributed by atoms with Crippen LogP contribution in [0.15, 0.2) is 68.9 Å². The highest BCUT2D eigenvalue weighted by atomic mass is 32.2. The maximum atomic E-state index is 12.8. The van der Waals surface area contributed by atoms with Crippen molar-refractivity contribution >= 4 is 27.9 Å². The standard InChI is InChI=1S/C19H18N2O4S/c1-20-18-19(26(22,23)16-6-4-3-5-7-16)21-17(25-18)13-10-14-8-11-15(24-2)12-9-14/h3-13,20H,1-2H3/b13-10+. The Morgan fingerprint density at radius 2 is 1.73 bits per heavy atom. The fourth-order valence-corrected chi connectivity index (χ4v) is 3.66. The van der Waals surface area contributed by atoms with Gasteiger partial charge in [0.15, 0.2) is 0 Å². The van der Waals surface area contributed by atoms with E-state index in [4.69, 9.17) is 9.15 Å². The molecule has 0 radical (unpaired) electrons. The average molecular weight is 370 g/mol. The molecule has 0 aliphatic heterocycles. The average Bonchev–Trinajstić information content (AvgIpc) is 3.12. The van der Waals surface area contributed by atoms with Crippen molar-refractivity contribution in [2.45, 2.75) is 9.92 Å². The first-order chi connectivity index (χ1) is 12.5. The summed E-state index contributed by atoms with van der Waals surface area (Å²) < 4.78 is 36.2. The molecule has 3 aromatic rings. The molecule has 0 amide bonds. The number of oxazole rings is 1. The number of hydrogen-bond donors (Lipinski definition) is 1. The molecule has 0 unspecified atom stereocenters. The Bertz CT molecular complexity index is 1010. The van der Waals surface area contributed by atoms with Gasteiger partial charge >= 0.3 is 0 Å². The third-order valence-corrected chi connectivity index (χ3v) is 5.36. The Kier molecular flexibility index (Phi) is 5.09. The van der Waals surface area contributed by atoms with E-state index >= 15 is 0 Å². The summed E-state index contributed by atoms with van der Waals surface area (Å²) in [6, 6.07) is 15.5. The van der Waals surface area contributed by atoms with Gasteiger partial charge in [-0.1, -0.05) is 30.3 Å². The highest BCUT2D eigenvalue weighted by Crippen LogP contribution is 2.28. The molecule has 0 aliphatic carbocycles. The zero-order chi connectivity index (χ0) is 18.6. The first-order valence-corrected chi connectivity index (χ1v) is 9.34. The van der Waals surface area contributed by atoms with Crippen LogP contribution in [0.4, 0.5) is 5.88 Å². The van der Waals surface area contributed by atoms with E-state index in [1.807, 2.05) is 24.3 Å². The Hall–Kier alpha value is -3.06. The van der Waals surface area contributed by atoms with Crippen LogP contribution in [0.25, 0.3) is 12.2 Å². The van der Waals surface area contributed by atoms with Crippen molar-refractivity contribution in [3.63, 3.8) is 0 Å². The quantitative estimate of drug-likeness (QED) is 0.712. The SMILES string of the molecule is CNc1oc(/C=C/c2ccc(OC)cc2)nc1S(=O)(=O)c1ccccc1. The van der Waals surface area contributed by atoms with E-state index in [2.05, 4.69) is 10.3 Å². The van der Waals surface area contributed by atoms with Gasteiger partial charge in [-0.25, -0.2) is 8.42 Å². The molecule has 0 bridgehead atoms. The lowest BCUT2D eigenvalue weighted by atomic mass is 10.2. The number of nitrogens with one attached hydrogen (secondary N) is 1. The Balaban J connectivity index is 1.92. The minimum absolute atomic E-state index is 0.100. The number of nitrogens with zero attached hydrogens (tertiary/aromatic N) is 1. The van der Waals surface area contributed by atoms with Crippen molar-refractivity contribution in [1.82, 2.24) is 4.98 Å². The number of benzene rings is 2. The van der Waals surface area contributed by atoms with Crippen molar-refractivity contribution in [3.05, 3.63) is 66.1 Å². The van der Waals surface area contributed by atoms with Gasteiger partial charge in [0.2, 0.25) is 26.6 Å². The zero-order valence-electron chi connectivity index (χ0n) is 14.3. The summed E-state index contributed by atoms with van der Waals surface area (Å²) in [6.45, 7) is 0. The predicted molar refractivity (Wildman–Crippen MR) is 99.9 cm³/mol. The van der Waals surface area contributed by atoms with E-state index in [9.17, 15) is 8.42 Å². The number of sulfone groups is 1. The molecule has 0 spiro atoms. The van der Waals surface area contributed by atoms with Crippen LogP contribution >= 0.6 is 0 Å². The highest BCUT2D eigenvalue weighted by Gasteiger charge is 2.26. The summed E-state index contributed by atoms with van der Waals surface area (Å²) in [5.41, 5.74) is 0.905. The lowest BCUT2D eigenvalue weighted by Gasteiger charge is -2.02. The molecule has 3 rings (SSSR count). The van der Waals surface area contributed by atoms with E-state index < -0.39 is 9.84 Å². The topological polar surface area (TPSA) is 81.4 Å². The summed E-state index contributed by atoms with van der Waals surface area (Å²) in [5.74, 6) is 1.05. The summed E-state index contributed by atoms with van der Waals surface area (Å²) >= 11 is 0. The number of methoxy groups -OCH3 is 1. The van der Waals surface area contributed by atoms with Crippen LogP contribution in [-0.4, -0.2) is 27.6 Å². The highest BCUT2D eigenvalue weighted by molar-refractivity contribution is 7.91. The summed E-state index contributed by atoms with van der Waals surface area (Å²) in [6.07, 6.45) is 3.40. The Labute approximate surface area is 152 Å². The molecule has 1 N–H and O–H groups in total. The minimum Gasteiger partial charge on any atom is -0.497 e.